The molecule has 3 aromatic rings. The van der Waals surface area contributed by atoms with E-state index in [1.54, 1.807) is 30.5 Å². The molecule has 7 heteroatoms. The van der Waals surface area contributed by atoms with Crippen LogP contribution in [0.15, 0.2) is 54.7 Å². The van der Waals surface area contributed by atoms with Crippen LogP contribution < -0.4 is 10.6 Å². The summed E-state index contributed by atoms with van der Waals surface area (Å²) in [4.78, 5) is 8.59. The summed E-state index contributed by atoms with van der Waals surface area (Å²) in [6, 6.07) is 14.7. The van der Waals surface area contributed by atoms with Crippen LogP contribution in [0, 0.1) is 0 Å². The minimum atomic E-state index is 0.397. The van der Waals surface area contributed by atoms with Crippen molar-refractivity contribution in [2.75, 3.05) is 10.6 Å². The summed E-state index contributed by atoms with van der Waals surface area (Å²) >= 11 is 18.4. The second-order valence-corrected chi connectivity index (χ2v) is 6.15. The Bertz CT molecular complexity index is 834. The molecule has 0 radical (unpaired) electrons. The largest absolute Gasteiger partial charge is 0.366 e. The summed E-state index contributed by atoms with van der Waals surface area (Å²) in [6.45, 7) is 0.559. The maximum atomic E-state index is 6.15. The number of para-hydroxylation sites is 1. The number of nitrogens with one attached hydrogen (secondary N) is 2. The molecule has 0 fully saturated rings. The lowest BCUT2D eigenvalue weighted by molar-refractivity contribution is 1.08. The average Bonchev–Trinajstić information content (AvgIpc) is 2.58. The number of halogens is 3. The van der Waals surface area contributed by atoms with Gasteiger partial charge in [-0.05, 0) is 29.8 Å². The minimum absolute atomic E-state index is 0.397. The number of aromatic nitrogens is 2. The van der Waals surface area contributed by atoms with Crippen LogP contribution in [0.2, 0.25) is 15.1 Å². The van der Waals surface area contributed by atoms with Gasteiger partial charge in [0.2, 0.25) is 5.95 Å². The van der Waals surface area contributed by atoms with Gasteiger partial charge in [-0.2, -0.15) is 4.98 Å². The van der Waals surface area contributed by atoms with Crippen LogP contribution in [0.4, 0.5) is 17.5 Å². The van der Waals surface area contributed by atoms with E-state index in [9.17, 15) is 0 Å². The highest BCUT2D eigenvalue weighted by atomic mass is 35.5. The summed E-state index contributed by atoms with van der Waals surface area (Å²) in [6.07, 6.45) is 1.65. The van der Waals surface area contributed by atoms with Gasteiger partial charge >= 0.3 is 0 Å². The molecule has 1 heterocycles. The van der Waals surface area contributed by atoms with E-state index in [1.165, 1.54) is 0 Å². The Hall–Kier alpha value is -2.01. The van der Waals surface area contributed by atoms with E-state index in [4.69, 9.17) is 34.8 Å². The molecule has 2 aromatic carbocycles. The molecule has 4 nitrogen and oxygen atoms in total. The molecule has 0 unspecified atom stereocenters. The lowest BCUT2D eigenvalue weighted by Gasteiger charge is -2.11. The Morgan fingerprint density at radius 3 is 2.29 bits per heavy atom. The molecule has 0 amide bonds. The monoisotopic (exact) mass is 378 g/mol. The van der Waals surface area contributed by atoms with Crippen LogP contribution >= 0.6 is 34.8 Å². The van der Waals surface area contributed by atoms with E-state index in [2.05, 4.69) is 20.6 Å². The topological polar surface area (TPSA) is 49.8 Å². The Labute approximate surface area is 154 Å². The molecular weight excluding hydrogens is 367 g/mol. The zero-order valence-electron chi connectivity index (χ0n) is 12.4. The van der Waals surface area contributed by atoms with Gasteiger partial charge in [0.15, 0.2) is 0 Å². The number of rotatable bonds is 5. The molecular formula is C17H13Cl3N4. The van der Waals surface area contributed by atoms with Crippen molar-refractivity contribution >= 4 is 52.3 Å². The van der Waals surface area contributed by atoms with E-state index >= 15 is 0 Å². The van der Waals surface area contributed by atoms with E-state index < -0.39 is 0 Å². The maximum Gasteiger partial charge on any atom is 0.229 e. The van der Waals surface area contributed by atoms with Crippen molar-refractivity contribution in [3.8, 4) is 0 Å². The first-order chi connectivity index (χ1) is 11.6. The Balaban J connectivity index is 1.74. The molecule has 122 valence electrons. The third-order valence-electron chi connectivity index (χ3n) is 3.27. The molecule has 0 spiro atoms. The van der Waals surface area contributed by atoms with E-state index in [-0.39, 0.29) is 0 Å². The van der Waals surface area contributed by atoms with Crippen LogP contribution in [0.3, 0.4) is 0 Å². The van der Waals surface area contributed by atoms with Crippen molar-refractivity contribution in [2.45, 2.75) is 6.54 Å². The molecule has 0 aliphatic carbocycles. The van der Waals surface area contributed by atoms with Gasteiger partial charge in [0.05, 0.1) is 15.7 Å². The van der Waals surface area contributed by atoms with Gasteiger partial charge in [0, 0.05) is 17.8 Å². The molecule has 0 saturated carbocycles. The molecule has 0 aliphatic rings. The fraction of sp³-hybridized carbons (Fsp3) is 0.0588. The zero-order chi connectivity index (χ0) is 16.9. The summed E-state index contributed by atoms with van der Waals surface area (Å²) in [7, 11) is 0. The third-order valence-corrected chi connectivity index (χ3v) is 4.27. The Kier molecular flexibility index (Phi) is 5.41. The lowest BCUT2D eigenvalue weighted by atomic mass is 10.2. The number of nitrogens with zero attached hydrogens (tertiary/aromatic N) is 2. The Morgan fingerprint density at radius 1 is 0.833 bits per heavy atom. The van der Waals surface area contributed by atoms with Gasteiger partial charge in [-0.15, -0.1) is 0 Å². The van der Waals surface area contributed by atoms with Crippen molar-refractivity contribution in [1.82, 2.24) is 9.97 Å². The summed E-state index contributed by atoms with van der Waals surface area (Å²) < 4.78 is 0. The minimum Gasteiger partial charge on any atom is -0.366 e. The lowest BCUT2D eigenvalue weighted by Crippen LogP contribution is -2.05. The molecule has 0 aliphatic heterocycles. The van der Waals surface area contributed by atoms with Crippen molar-refractivity contribution in [3.63, 3.8) is 0 Å². The molecule has 0 atom stereocenters. The molecule has 3 rings (SSSR count). The van der Waals surface area contributed by atoms with Gasteiger partial charge in [-0.25, -0.2) is 4.98 Å². The van der Waals surface area contributed by atoms with Crippen LogP contribution in [0.5, 0.6) is 0 Å². The second-order valence-electron chi connectivity index (χ2n) is 4.93. The summed E-state index contributed by atoms with van der Waals surface area (Å²) in [5.74, 6) is 1.06. The first kappa shape index (κ1) is 16.8. The summed E-state index contributed by atoms with van der Waals surface area (Å²) in [5, 5.41) is 7.96. The summed E-state index contributed by atoms with van der Waals surface area (Å²) in [5.41, 5.74) is 1.56. The smallest absolute Gasteiger partial charge is 0.229 e. The van der Waals surface area contributed by atoms with Gasteiger partial charge in [0.1, 0.15) is 5.82 Å². The van der Waals surface area contributed by atoms with E-state index in [0.717, 1.165) is 5.56 Å². The fourth-order valence-electron chi connectivity index (χ4n) is 2.07. The average molecular weight is 380 g/mol. The predicted octanol–water partition coefficient (Wildman–Crippen LogP) is 5.79. The standard InChI is InChI=1S/C17H13Cl3N4/c18-12-5-2-1-4-11(12)10-22-15-8-9-21-17(23-15)24-16-13(19)6-3-7-14(16)20/h1-9H,10H2,(H2,21,22,23,24). The second kappa shape index (κ2) is 7.71. The highest BCUT2D eigenvalue weighted by Crippen LogP contribution is 2.31. The molecule has 1 aromatic heterocycles. The van der Waals surface area contributed by atoms with Gasteiger partial charge in [-0.1, -0.05) is 59.1 Å². The van der Waals surface area contributed by atoms with Crippen LogP contribution in [0.1, 0.15) is 5.56 Å². The SMILES string of the molecule is Clc1ccccc1CNc1ccnc(Nc2c(Cl)cccc2Cl)n1. The van der Waals surface area contributed by atoms with Gasteiger partial charge < -0.3 is 10.6 Å². The number of anilines is 3. The Morgan fingerprint density at radius 2 is 1.54 bits per heavy atom. The first-order valence-electron chi connectivity index (χ1n) is 7.15. The molecule has 24 heavy (non-hydrogen) atoms. The number of hydrogen-bond acceptors (Lipinski definition) is 4. The third kappa shape index (κ3) is 4.09. The fourth-order valence-corrected chi connectivity index (χ4v) is 2.77. The normalized spacial score (nSPS) is 10.5. The molecule has 0 bridgehead atoms. The highest BCUT2D eigenvalue weighted by Gasteiger charge is 2.08. The zero-order valence-corrected chi connectivity index (χ0v) is 14.7. The van der Waals surface area contributed by atoms with Crippen LogP contribution in [0.25, 0.3) is 0 Å². The maximum absolute atomic E-state index is 6.15. The van der Waals surface area contributed by atoms with E-state index in [0.29, 0.717) is 39.1 Å². The number of benzene rings is 2. The first-order valence-corrected chi connectivity index (χ1v) is 8.28. The van der Waals surface area contributed by atoms with Gasteiger partial charge in [-0.3, -0.25) is 0 Å². The molecule has 2 N–H and O–H groups in total. The quantitative estimate of drug-likeness (QED) is 0.589. The number of hydrogen-bond donors (Lipinski definition) is 2. The van der Waals surface area contributed by atoms with Crippen molar-refractivity contribution in [2.24, 2.45) is 0 Å². The van der Waals surface area contributed by atoms with Crippen molar-refractivity contribution < 1.29 is 0 Å². The molecule has 0 saturated heterocycles. The highest BCUT2D eigenvalue weighted by molar-refractivity contribution is 6.39. The van der Waals surface area contributed by atoms with Crippen LogP contribution in [-0.4, -0.2) is 9.97 Å². The van der Waals surface area contributed by atoms with Crippen LogP contribution in [-0.2, 0) is 6.54 Å². The van der Waals surface area contributed by atoms with Crippen molar-refractivity contribution in [3.05, 3.63) is 75.4 Å². The van der Waals surface area contributed by atoms with Gasteiger partial charge in [0.25, 0.3) is 0 Å². The van der Waals surface area contributed by atoms with E-state index in [1.807, 2.05) is 24.3 Å². The van der Waals surface area contributed by atoms with Crippen molar-refractivity contribution in [1.29, 1.82) is 0 Å². The predicted molar refractivity (Wildman–Crippen MR) is 101 cm³/mol.